The van der Waals surface area contributed by atoms with Gasteiger partial charge in [0, 0.05) is 0 Å². The molecule has 2 N–H and O–H groups in total. The van der Waals surface area contributed by atoms with Crippen LogP contribution < -0.4 is 0 Å². The monoisotopic (exact) mass is 292 g/mol. The molecule has 110 valence electrons. The van der Waals surface area contributed by atoms with Crippen molar-refractivity contribution in [3.05, 3.63) is 59.2 Å². The molecule has 0 bridgehead atoms. The molecule has 0 radical (unpaired) electrons. The van der Waals surface area contributed by atoms with Gasteiger partial charge in [-0.15, -0.1) is 0 Å². The van der Waals surface area contributed by atoms with E-state index in [1.807, 2.05) is 12.1 Å². The second-order valence-corrected chi connectivity index (χ2v) is 6.36. The predicted octanol–water partition coefficient (Wildman–Crippen LogP) is 3.15. The van der Waals surface area contributed by atoms with Crippen molar-refractivity contribution in [1.82, 2.24) is 0 Å². The van der Waals surface area contributed by atoms with Crippen LogP contribution in [0.25, 0.3) is 21.5 Å². The van der Waals surface area contributed by atoms with Crippen molar-refractivity contribution in [3.8, 4) is 0 Å². The number of hydrogen-bond donors (Lipinski definition) is 2. The molecule has 4 atom stereocenters. The first-order valence-corrected chi connectivity index (χ1v) is 7.63. The van der Waals surface area contributed by atoms with Gasteiger partial charge >= 0.3 is 0 Å². The molecule has 3 aromatic rings. The first-order valence-electron chi connectivity index (χ1n) is 7.63. The van der Waals surface area contributed by atoms with E-state index in [-0.39, 0.29) is 12.2 Å². The minimum absolute atomic E-state index is 0.0855. The fraction of sp³-hybridized carbons (Fsp3) is 0.263. The summed E-state index contributed by atoms with van der Waals surface area (Å²) in [6.45, 7) is 2.06. The van der Waals surface area contributed by atoms with Gasteiger partial charge in [-0.25, -0.2) is 0 Å². The van der Waals surface area contributed by atoms with Crippen molar-refractivity contribution in [3.63, 3.8) is 0 Å². The molecule has 0 spiro atoms. The Morgan fingerprint density at radius 3 is 2.68 bits per heavy atom. The number of aryl methyl sites for hydroxylation is 1. The lowest BCUT2D eigenvalue weighted by Crippen LogP contribution is -2.29. The van der Waals surface area contributed by atoms with E-state index in [1.54, 1.807) is 0 Å². The first kappa shape index (κ1) is 12.6. The van der Waals surface area contributed by atoms with Crippen LogP contribution in [0.2, 0.25) is 0 Å². The van der Waals surface area contributed by atoms with E-state index in [9.17, 15) is 10.2 Å². The van der Waals surface area contributed by atoms with Gasteiger partial charge in [0.2, 0.25) is 0 Å². The Hall–Kier alpha value is -1.94. The lowest BCUT2D eigenvalue weighted by Gasteiger charge is -2.25. The quantitative estimate of drug-likeness (QED) is 0.494. The number of rotatable bonds is 0. The summed E-state index contributed by atoms with van der Waals surface area (Å²) in [6, 6.07) is 14.6. The highest BCUT2D eigenvalue weighted by molar-refractivity contribution is 6.10. The Morgan fingerprint density at radius 1 is 1.00 bits per heavy atom. The molecule has 0 aromatic heterocycles. The highest BCUT2D eigenvalue weighted by Gasteiger charge is 2.54. The van der Waals surface area contributed by atoms with Crippen LogP contribution in [0.4, 0.5) is 0 Å². The van der Waals surface area contributed by atoms with Gasteiger partial charge in [-0.1, -0.05) is 42.5 Å². The zero-order chi connectivity index (χ0) is 15.0. The van der Waals surface area contributed by atoms with Crippen molar-refractivity contribution >= 4 is 21.5 Å². The number of ether oxygens (including phenoxy) is 1. The third kappa shape index (κ3) is 1.46. The van der Waals surface area contributed by atoms with Crippen LogP contribution >= 0.6 is 0 Å². The van der Waals surface area contributed by atoms with E-state index in [2.05, 4.69) is 37.3 Å². The Kier molecular flexibility index (Phi) is 2.33. The number of epoxide rings is 1. The van der Waals surface area contributed by atoms with Gasteiger partial charge < -0.3 is 14.9 Å². The van der Waals surface area contributed by atoms with Crippen LogP contribution in [0.15, 0.2) is 42.5 Å². The molecule has 22 heavy (non-hydrogen) atoms. The normalized spacial score (nSPS) is 29.4. The SMILES string of the molecule is Cc1cc2c(c3ccc4ccccc4c13)[C@H]1O[C@H]1[C@H](O)[C@H]2O. The van der Waals surface area contributed by atoms with Crippen LogP contribution in [0.1, 0.15) is 28.9 Å². The van der Waals surface area contributed by atoms with E-state index in [1.165, 1.54) is 16.2 Å². The largest absolute Gasteiger partial charge is 0.387 e. The van der Waals surface area contributed by atoms with Crippen LogP contribution in [-0.2, 0) is 4.74 Å². The van der Waals surface area contributed by atoms with Gasteiger partial charge in [-0.05, 0) is 45.2 Å². The molecule has 1 saturated heterocycles. The van der Waals surface area contributed by atoms with Crippen LogP contribution in [0.5, 0.6) is 0 Å². The molecule has 2 aliphatic rings. The molecule has 0 saturated carbocycles. The fourth-order valence-electron chi connectivity index (χ4n) is 4.00. The third-order valence-electron chi connectivity index (χ3n) is 5.09. The van der Waals surface area contributed by atoms with E-state index < -0.39 is 12.2 Å². The smallest absolute Gasteiger partial charge is 0.118 e. The van der Waals surface area contributed by atoms with Gasteiger partial charge in [-0.2, -0.15) is 0 Å². The minimum atomic E-state index is -0.867. The number of aliphatic hydroxyl groups is 2. The summed E-state index contributed by atoms with van der Waals surface area (Å²) < 4.78 is 5.64. The van der Waals surface area contributed by atoms with Crippen molar-refractivity contribution in [2.75, 3.05) is 0 Å². The summed E-state index contributed by atoms with van der Waals surface area (Å²) in [7, 11) is 0. The number of benzene rings is 3. The Balaban J connectivity index is 1.94. The van der Waals surface area contributed by atoms with Gasteiger partial charge in [0.1, 0.15) is 24.4 Å². The zero-order valence-corrected chi connectivity index (χ0v) is 12.2. The fourth-order valence-corrected chi connectivity index (χ4v) is 4.00. The predicted molar refractivity (Wildman–Crippen MR) is 84.8 cm³/mol. The van der Waals surface area contributed by atoms with Gasteiger partial charge in [-0.3, -0.25) is 0 Å². The molecule has 0 amide bonds. The molecule has 1 heterocycles. The van der Waals surface area contributed by atoms with E-state index in [0.29, 0.717) is 0 Å². The minimum Gasteiger partial charge on any atom is -0.387 e. The van der Waals surface area contributed by atoms with Gasteiger partial charge in [0.15, 0.2) is 0 Å². The summed E-state index contributed by atoms with van der Waals surface area (Å²) in [5.74, 6) is 0. The lowest BCUT2D eigenvalue weighted by molar-refractivity contribution is 0.0000809. The average molecular weight is 292 g/mol. The summed E-state index contributed by atoms with van der Waals surface area (Å²) in [6.07, 6.45) is -2.04. The number of aliphatic hydroxyl groups excluding tert-OH is 2. The van der Waals surface area contributed by atoms with Crippen molar-refractivity contribution < 1.29 is 14.9 Å². The molecule has 1 aliphatic heterocycles. The van der Waals surface area contributed by atoms with Crippen LogP contribution in [0, 0.1) is 6.92 Å². The number of hydrogen-bond acceptors (Lipinski definition) is 3. The molecule has 3 nitrogen and oxygen atoms in total. The topological polar surface area (TPSA) is 53.0 Å². The van der Waals surface area contributed by atoms with Crippen LogP contribution in [-0.4, -0.2) is 22.4 Å². The molecule has 1 aliphatic carbocycles. The molecule has 5 rings (SSSR count). The van der Waals surface area contributed by atoms with E-state index in [4.69, 9.17) is 4.74 Å². The maximum absolute atomic E-state index is 10.4. The van der Waals surface area contributed by atoms with E-state index >= 15 is 0 Å². The molecule has 3 aromatic carbocycles. The average Bonchev–Trinajstić information content (AvgIpc) is 3.32. The molecule has 0 unspecified atom stereocenters. The molecular formula is C19H16O3. The lowest BCUT2D eigenvalue weighted by atomic mass is 9.82. The first-order chi connectivity index (χ1) is 10.7. The Morgan fingerprint density at radius 2 is 1.82 bits per heavy atom. The van der Waals surface area contributed by atoms with Gasteiger partial charge in [0.25, 0.3) is 0 Å². The van der Waals surface area contributed by atoms with Crippen molar-refractivity contribution in [1.29, 1.82) is 0 Å². The van der Waals surface area contributed by atoms with Crippen molar-refractivity contribution in [2.24, 2.45) is 0 Å². The summed E-state index contributed by atoms with van der Waals surface area (Å²) >= 11 is 0. The summed E-state index contributed by atoms with van der Waals surface area (Å²) in [5, 5.41) is 25.3. The van der Waals surface area contributed by atoms with Crippen LogP contribution in [0.3, 0.4) is 0 Å². The second kappa shape index (κ2) is 4.07. The summed E-state index contributed by atoms with van der Waals surface area (Å²) in [5.41, 5.74) is 2.98. The number of fused-ring (bicyclic) bond motifs is 7. The Labute approximate surface area is 127 Å². The standard InChI is InChI=1S/C19H16O3/c1-9-8-13-15(18-19(22-18)17(21)16(13)20)12-7-6-10-4-2-3-5-11(10)14(9)12/h2-8,16-21H,1H3/t16-,17+,18+,19-/m0/s1. The maximum atomic E-state index is 10.4. The zero-order valence-electron chi connectivity index (χ0n) is 12.2. The summed E-state index contributed by atoms with van der Waals surface area (Å²) in [4.78, 5) is 0. The Bertz CT molecular complexity index is 931. The maximum Gasteiger partial charge on any atom is 0.118 e. The third-order valence-corrected chi connectivity index (χ3v) is 5.09. The molecular weight excluding hydrogens is 276 g/mol. The molecule has 1 fully saturated rings. The van der Waals surface area contributed by atoms with E-state index in [0.717, 1.165) is 22.1 Å². The molecule has 3 heteroatoms. The highest BCUT2D eigenvalue weighted by Crippen LogP contribution is 2.53. The van der Waals surface area contributed by atoms with Gasteiger partial charge in [0.05, 0.1) is 0 Å². The highest BCUT2D eigenvalue weighted by atomic mass is 16.6. The van der Waals surface area contributed by atoms with Crippen molar-refractivity contribution in [2.45, 2.75) is 31.3 Å². The second-order valence-electron chi connectivity index (χ2n) is 6.36.